The third-order valence-electron chi connectivity index (χ3n) is 6.02. The van der Waals surface area contributed by atoms with Crippen molar-refractivity contribution in [2.24, 2.45) is 0 Å². The quantitative estimate of drug-likeness (QED) is 0.146. The van der Waals surface area contributed by atoms with Gasteiger partial charge in [0.25, 0.3) is 11.8 Å². The number of ether oxygens (including phenoxy) is 2. The average Bonchev–Trinajstić information content (AvgIpc) is 2.94. The number of thiol groups is 2. The first-order valence-corrected chi connectivity index (χ1v) is 14.2. The Morgan fingerprint density at radius 1 is 0.634 bits per heavy atom. The van der Waals surface area contributed by atoms with Crippen LogP contribution in [0.2, 0.25) is 20.1 Å². The molecule has 0 radical (unpaired) electrons. The summed E-state index contributed by atoms with van der Waals surface area (Å²) in [7, 11) is 2.85. The van der Waals surface area contributed by atoms with Gasteiger partial charge in [-0.3, -0.25) is 19.4 Å². The maximum absolute atomic E-state index is 14.1. The molecule has 0 bridgehead atoms. The van der Waals surface area contributed by atoms with Crippen LogP contribution in [0.15, 0.2) is 82.6 Å². The molecule has 0 unspecified atom stereocenters. The highest BCUT2D eigenvalue weighted by Crippen LogP contribution is 2.37. The first kappa shape index (κ1) is 31.2. The maximum Gasteiger partial charge on any atom is 0.259 e. The fraction of sp³-hybridized carbons (Fsp3) is 0.103. The van der Waals surface area contributed by atoms with E-state index in [1.165, 1.54) is 48.3 Å². The second kappa shape index (κ2) is 13.5. The maximum atomic E-state index is 14.1. The second-order valence-electron chi connectivity index (χ2n) is 8.53. The van der Waals surface area contributed by atoms with Crippen LogP contribution in [0.3, 0.4) is 0 Å². The molecule has 0 saturated carbocycles. The van der Waals surface area contributed by atoms with Crippen LogP contribution in [0.5, 0.6) is 11.5 Å². The molecule has 0 spiro atoms. The van der Waals surface area contributed by atoms with E-state index in [0.29, 0.717) is 21.2 Å². The van der Waals surface area contributed by atoms with Gasteiger partial charge in [-0.15, -0.1) is 25.3 Å². The van der Waals surface area contributed by atoms with E-state index < -0.39 is 11.8 Å². The Kier molecular flexibility index (Phi) is 10.3. The molecule has 0 heterocycles. The molecule has 41 heavy (non-hydrogen) atoms. The van der Waals surface area contributed by atoms with Gasteiger partial charge >= 0.3 is 0 Å². The number of hydrogen-bond acceptors (Lipinski definition) is 6. The van der Waals surface area contributed by atoms with Gasteiger partial charge in [-0.05, 0) is 48.5 Å². The van der Waals surface area contributed by atoms with Gasteiger partial charge in [-0.2, -0.15) is 0 Å². The summed E-state index contributed by atoms with van der Waals surface area (Å²) in [5, 5.41) is 0.606. The van der Waals surface area contributed by atoms with Crippen molar-refractivity contribution in [3.8, 4) is 11.5 Å². The molecule has 12 heteroatoms. The lowest BCUT2D eigenvalue weighted by atomic mass is 10.1. The van der Waals surface area contributed by atoms with Gasteiger partial charge in [0.15, 0.2) is 11.5 Å². The molecule has 0 atom stereocenters. The van der Waals surface area contributed by atoms with Gasteiger partial charge in [-0.1, -0.05) is 70.7 Å². The number of carbonyl (C=O) groups excluding carboxylic acids is 2. The van der Waals surface area contributed by atoms with Crippen LogP contribution in [0.4, 0.5) is 11.4 Å². The minimum atomic E-state index is -0.502. The van der Waals surface area contributed by atoms with Crippen LogP contribution >= 0.6 is 71.7 Å². The molecule has 4 aromatic rings. The molecule has 0 saturated heterocycles. The van der Waals surface area contributed by atoms with E-state index in [0.717, 1.165) is 0 Å². The summed E-state index contributed by atoms with van der Waals surface area (Å²) in [4.78, 5) is 32.0. The van der Waals surface area contributed by atoms with Crippen molar-refractivity contribution in [3.63, 3.8) is 0 Å². The highest BCUT2D eigenvalue weighted by Gasteiger charge is 2.29. The summed E-state index contributed by atoms with van der Waals surface area (Å²) >= 11 is 34.6. The molecule has 212 valence electrons. The summed E-state index contributed by atoms with van der Waals surface area (Å²) in [6, 6.07) is 19.8. The minimum Gasteiger partial charge on any atom is -0.494 e. The van der Waals surface area contributed by atoms with Gasteiger partial charge < -0.3 is 9.47 Å². The largest absolute Gasteiger partial charge is 0.494 e. The number of benzene rings is 4. The Hall–Kier alpha value is -2.72. The lowest BCUT2D eigenvalue weighted by molar-refractivity contribution is 0.0968. The first-order valence-electron chi connectivity index (χ1n) is 11.8. The zero-order chi connectivity index (χ0) is 29.8. The number of methoxy groups -OCH3 is 2. The first-order chi connectivity index (χ1) is 19.6. The van der Waals surface area contributed by atoms with Crippen LogP contribution in [0.25, 0.3) is 0 Å². The van der Waals surface area contributed by atoms with E-state index in [9.17, 15) is 9.59 Å². The lowest BCUT2D eigenvalue weighted by Gasteiger charge is -2.32. The van der Waals surface area contributed by atoms with Crippen molar-refractivity contribution in [1.29, 1.82) is 0 Å². The van der Waals surface area contributed by atoms with E-state index in [1.54, 1.807) is 48.5 Å². The fourth-order valence-electron chi connectivity index (χ4n) is 4.09. The predicted molar refractivity (Wildman–Crippen MR) is 172 cm³/mol. The number of halogens is 4. The Morgan fingerprint density at radius 2 is 0.951 bits per heavy atom. The molecule has 0 aliphatic rings. The average molecular weight is 668 g/mol. The molecular weight excluding hydrogens is 646 g/mol. The minimum absolute atomic E-state index is 0.151. The molecule has 0 N–H and O–H groups in total. The third-order valence-corrected chi connectivity index (χ3v) is 7.90. The second-order valence-corrected chi connectivity index (χ2v) is 11.1. The fourth-order valence-corrected chi connectivity index (χ4v) is 5.94. The Morgan fingerprint density at radius 3 is 1.24 bits per heavy atom. The van der Waals surface area contributed by atoms with Crippen molar-refractivity contribution in [2.45, 2.75) is 9.79 Å². The Balaban J connectivity index is 1.88. The van der Waals surface area contributed by atoms with E-state index >= 15 is 0 Å². The van der Waals surface area contributed by atoms with Gasteiger partial charge in [0.1, 0.15) is 6.67 Å². The highest BCUT2D eigenvalue weighted by molar-refractivity contribution is 7.80. The van der Waals surface area contributed by atoms with Gasteiger partial charge in [0.05, 0.1) is 45.7 Å². The number of hydrogen-bond donors (Lipinski definition) is 2. The van der Waals surface area contributed by atoms with Crippen LogP contribution in [-0.2, 0) is 0 Å². The summed E-state index contributed by atoms with van der Waals surface area (Å²) in [6.45, 7) is -0.255. The van der Waals surface area contributed by atoms with Crippen LogP contribution in [0.1, 0.15) is 20.7 Å². The van der Waals surface area contributed by atoms with Gasteiger partial charge in [0, 0.05) is 20.9 Å². The van der Waals surface area contributed by atoms with E-state index in [-0.39, 0.29) is 49.4 Å². The molecule has 0 aliphatic carbocycles. The summed E-state index contributed by atoms with van der Waals surface area (Å²) in [5.41, 5.74) is 1.20. The number of para-hydroxylation sites is 2. The SMILES string of the molecule is COc1c(Cl)cc(C(=O)N(CN(C(=O)c2cc(Cl)c(OC)c(Cl)c2)c2ccccc2S)c2ccccc2S)cc1Cl. The zero-order valence-electron chi connectivity index (χ0n) is 21.6. The molecule has 0 fully saturated rings. The monoisotopic (exact) mass is 666 g/mol. The number of anilines is 2. The number of rotatable bonds is 8. The molecule has 4 rings (SSSR count). The van der Waals surface area contributed by atoms with E-state index in [1.807, 2.05) is 0 Å². The molecular formula is C29H22Cl4N2O4S2. The van der Waals surface area contributed by atoms with E-state index in [2.05, 4.69) is 25.3 Å². The van der Waals surface area contributed by atoms with Crippen LogP contribution in [0, 0.1) is 0 Å². The van der Waals surface area contributed by atoms with Crippen molar-refractivity contribution in [1.82, 2.24) is 0 Å². The Labute approximate surface area is 268 Å². The van der Waals surface area contributed by atoms with Crippen LogP contribution in [-0.4, -0.2) is 32.7 Å². The van der Waals surface area contributed by atoms with Crippen LogP contribution < -0.4 is 19.3 Å². The number of carbonyl (C=O) groups is 2. The summed E-state index contributed by atoms with van der Waals surface area (Å²) in [5.74, 6) is -0.531. The smallest absolute Gasteiger partial charge is 0.259 e. The van der Waals surface area contributed by atoms with Crippen molar-refractivity contribution < 1.29 is 19.1 Å². The van der Waals surface area contributed by atoms with Crippen molar-refractivity contribution >= 4 is 94.9 Å². The summed E-state index contributed by atoms with van der Waals surface area (Å²) in [6.07, 6.45) is 0. The molecule has 2 amide bonds. The molecule has 0 aromatic heterocycles. The number of amides is 2. The van der Waals surface area contributed by atoms with Crippen molar-refractivity contribution in [3.05, 3.63) is 104 Å². The lowest BCUT2D eigenvalue weighted by Crippen LogP contribution is -2.45. The Bertz CT molecular complexity index is 1470. The van der Waals surface area contributed by atoms with E-state index in [4.69, 9.17) is 55.9 Å². The zero-order valence-corrected chi connectivity index (χ0v) is 26.4. The predicted octanol–water partition coefficient (Wildman–Crippen LogP) is 8.85. The highest BCUT2D eigenvalue weighted by atomic mass is 35.5. The number of nitrogens with zero attached hydrogens (tertiary/aromatic N) is 2. The molecule has 4 aromatic carbocycles. The van der Waals surface area contributed by atoms with Gasteiger partial charge in [0.2, 0.25) is 0 Å². The third kappa shape index (κ3) is 6.69. The van der Waals surface area contributed by atoms with Gasteiger partial charge in [-0.25, -0.2) is 0 Å². The standard InChI is InChI=1S/C29H22Cl4N2O4S2/c1-38-26-18(30)11-16(12-19(26)31)28(36)34(22-7-3-5-9-24(22)40)15-35(23-8-4-6-10-25(23)41)29(37)17-13-20(32)27(39-2)21(33)14-17/h3-14,40-41H,15H2,1-2H3. The normalized spacial score (nSPS) is 10.7. The summed E-state index contributed by atoms with van der Waals surface area (Å²) < 4.78 is 10.5. The van der Waals surface area contributed by atoms with Crippen molar-refractivity contribution in [2.75, 3.05) is 30.7 Å². The topological polar surface area (TPSA) is 59.1 Å². The molecule has 0 aliphatic heterocycles. The molecule has 6 nitrogen and oxygen atoms in total.